The van der Waals surface area contributed by atoms with Crippen LogP contribution < -0.4 is 19.5 Å². The van der Waals surface area contributed by atoms with Crippen LogP contribution in [0.25, 0.3) is 21.6 Å². The number of thiazole rings is 1. The fourth-order valence-electron chi connectivity index (χ4n) is 8.81. The van der Waals surface area contributed by atoms with Gasteiger partial charge in [-0.1, -0.05) is 51.8 Å². The number of hydrogen-bond donors (Lipinski definition) is 2. The lowest BCUT2D eigenvalue weighted by Crippen LogP contribution is -2.64. The molecule has 324 valence electrons. The molecule has 17 heteroatoms. The summed E-state index contributed by atoms with van der Waals surface area (Å²) in [7, 11) is -3.84. The molecule has 5 fully saturated rings. The number of nitrogens with one attached hydrogen (secondary N) is 2. The van der Waals surface area contributed by atoms with Crippen LogP contribution in [-0.4, -0.2) is 121 Å². The number of sulfonamides is 1. The molecule has 2 aromatic heterocycles. The van der Waals surface area contributed by atoms with Crippen molar-refractivity contribution in [3.8, 4) is 22.2 Å². The molecule has 2 saturated carbocycles. The van der Waals surface area contributed by atoms with Gasteiger partial charge in [0.05, 0.1) is 53.2 Å². The first kappa shape index (κ1) is 43.0. The molecule has 3 aromatic rings. The molecule has 2 N–H and O–H groups in total. The molecule has 5 heterocycles. The van der Waals surface area contributed by atoms with E-state index in [0.29, 0.717) is 83.8 Å². The molecule has 0 unspecified atom stereocenters. The number of rotatable bonds is 17. The fourth-order valence-corrected chi connectivity index (χ4v) is 11.4. The second kappa shape index (κ2) is 17.2. The van der Waals surface area contributed by atoms with E-state index in [1.54, 1.807) is 11.0 Å². The van der Waals surface area contributed by atoms with Crippen molar-refractivity contribution in [1.82, 2.24) is 29.8 Å². The van der Waals surface area contributed by atoms with Gasteiger partial charge in [-0.05, 0) is 49.1 Å². The third kappa shape index (κ3) is 8.44. The molecule has 7 atom stereocenters. The van der Waals surface area contributed by atoms with Crippen LogP contribution in [0.3, 0.4) is 0 Å². The summed E-state index contributed by atoms with van der Waals surface area (Å²) in [5, 5.41) is 6.55. The van der Waals surface area contributed by atoms with E-state index >= 15 is 0 Å². The fraction of sp³-hybridized carbons (Fsp3) is 0.605. The summed E-state index contributed by atoms with van der Waals surface area (Å²) in [4.78, 5) is 56.6. The number of amides is 2. The minimum Gasteiger partial charge on any atom is -0.491 e. The molecule has 0 radical (unpaired) electrons. The average Bonchev–Trinajstić information content (AvgIpc) is 4.13. The molecule has 60 heavy (non-hydrogen) atoms. The SMILES string of the molecule is C=C[C@@H]1C[C@]1(CC(=O)[C@@H]1C[C@@H](Oc2cc(-c3nc(C(C)C)cs3)nc3c(Cl)c(OCCN4CCOCC4)ccc23)[C@H]2CN[C@H]([C@H](C)CC)C(=O)N21)C(=O)NS(=O)(=O)C1CC1. The average molecular weight is 884 g/mol. The molecular formula is C43H55ClN6O8S2. The Morgan fingerprint density at radius 2 is 1.95 bits per heavy atom. The lowest BCUT2D eigenvalue weighted by molar-refractivity contribution is -0.146. The van der Waals surface area contributed by atoms with E-state index < -0.39 is 50.8 Å². The predicted octanol–water partition coefficient (Wildman–Crippen LogP) is 5.34. The van der Waals surface area contributed by atoms with Crippen LogP contribution in [-0.2, 0) is 29.1 Å². The van der Waals surface area contributed by atoms with Gasteiger partial charge in [0, 0.05) is 55.9 Å². The molecule has 3 aliphatic heterocycles. The first-order valence-electron chi connectivity index (χ1n) is 21.2. The first-order valence-corrected chi connectivity index (χ1v) is 24.0. The third-order valence-corrected chi connectivity index (χ3v) is 16.1. The number of piperazine rings is 1. The van der Waals surface area contributed by atoms with Gasteiger partial charge in [0.1, 0.15) is 39.9 Å². The normalized spacial score (nSPS) is 27.5. The van der Waals surface area contributed by atoms with Crippen LogP contribution in [0, 0.1) is 17.3 Å². The highest BCUT2D eigenvalue weighted by Crippen LogP contribution is 2.57. The molecule has 0 spiro atoms. The summed E-state index contributed by atoms with van der Waals surface area (Å²) in [6, 6.07) is 3.62. The molecule has 14 nitrogen and oxygen atoms in total. The van der Waals surface area contributed by atoms with Crippen molar-refractivity contribution < 1.29 is 37.0 Å². The molecule has 8 rings (SSSR count). The molecule has 1 aromatic carbocycles. The van der Waals surface area contributed by atoms with Crippen LogP contribution in [0.5, 0.6) is 11.5 Å². The summed E-state index contributed by atoms with van der Waals surface area (Å²) >= 11 is 8.60. The van der Waals surface area contributed by atoms with Crippen LogP contribution in [0.15, 0.2) is 36.2 Å². The van der Waals surface area contributed by atoms with Crippen LogP contribution in [0.2, 0.25) is 5.02 Å². The maximum atomic E-state index is 14.6. The van der Waals surface area contributed by atoms with Crippen molar-refractivity contribution in [2.75, 3.05) is 46.0 Å². The number of ketones is 1. The van der Waals surface area contributed by atoms with E-state index in [-0.39, 0.29) is 42.3 Å². The lowest BCUT2D eigenvalue weighted by atomic mass is 9.91. The monoisotopic (exact) mass is 882 g/mol. The highest BCUT2D eigenvalue weighted by Gasteiger charge is 2.62. The number of halogens is 1. The van der Waals surface area contributed by atoms with Gasteiger partial charge >= 0.3 is 0 Å². The highest BCUT2D eigenvalue weighted by atomic mass is 35.5. The number of Topliss-reactive ketones (excluding diaryl/α,β-unsaturated/α-hetero) is 1. The Labute approximate surface area is 360 Å². The van der Waals surface area contributed by atoms with Crippen molar-refractivity contribution in [3.05, 3.63) is 47.0 Å². The van der Waals surface area contributed by atoms with Crippen LogP contribution in [0.1, 0.15) is 77.8 Å². The number of aromatic nitrogens is 2. The minimum atomic E-state index is -3.84. The number of hydrogen-bond acceptors (Lipinski definition) is 13. The maximum absolute atomic E-state index is 14.6. The van der Waals surface area contributed by atoms with Gasteiger partial charge in [0.25, 0.3) is 0 Å². The van der Waals surface area contributed by atoms with Gasteiger partial charge in [-0.3, -0.25) is 24.0 Å². The number of allylic oxidation sites excluding steroid dienone is 1. The minimum absolute atomic E-state index is 0.000603. The summed E-state index contributed by atoms with van der Waals surface area (Å²) < 4.78 is 46.6. The molecule has 0 bridgehead atoms. The number of nitrogens with zero attached hydrogens (tertiary/aromatic N) is 4. The Bertz CT molecular complexity index is 2260. The van der Waals surface area contributed by atoms with Gasteiger partial charge in [0.15, 0.2) is 5.78 Å². The maximum Gasteiger partial charge on any atom is 0.241 e. The van der Waals surface area contributed by atoms with E-state index in [1.165, 1.54) is 11.3 Å². The molecule has 5 aliphatic rings. The smallest absolute Gasteiger partial charge is 0.241 e. The largest absolute Gasteiger partial charge is 0.491 e. The van der Waals surface area contributed by atoms with E-state index in [2.05, 4.69) is 35.4 Å². The summed E-state index contributed by atoms with van der Waals surface area (Å²) in [6.45, 7) is 16.7. The first-order chi connectivity index (χ1) is 28.7. The zero-order valence-electron chi connectivity index (χ0n) is 34.7. The predicted molar refractivity (Wildman–Crippen MR) is 230 cm³/mol. The number of morpholine rings is 1. The topological polar surface area (TPSA) is 169 Å². The van der Waals surface area contributed by atoms with Crippen molar-refractivity contribution in [1.29, 1.82) is 0 Å². The molecule has 2 aliphatic carbocycles. The third-order valence-electron chi connectivity index (χ3n) is 13.0. The van der Waals surface area contributed by atoms with Gasteiger partial charge in [-0.25, -0.2) is 18.4 Å². The molecule has 3 saturated heterocycles. The summed E-state index contributed by atoms with van der Waals surface area (Å²) in [5.41, 5.74) is 0.731. The zero-order chi connectivity index (χ0) is 42.5. The number of fused-ring (bicyclic) bond motifs is 2. The Hall–Kier alpha value is -3.67. The van der Waals surface area contributed by atoms with Crippen molar-refractivity contribution >= 4 is 61.5 Å². The van der Waals surface area contributed by atoms with Crippen molar-refractivity contribution in [2.24, 2.45) is 17.3 Å². The molecular weight excluding hydrogens is 828 g/mol. The van der Waals surface area contributed by atoms with Crippen molar-refractivity contribution in [3.63, 3.8) is 0 Å². The summed E-state index contributed by atoms with van der Waals surface area (Å²) in [5.74, 6) is -0.371. The van der Waals surface area contributed by atoms with E-state index in [0.717, 1.165) is 31.7 Å². The Balaban J connectivity index is 1.11. The summed E-state index contributed by atoms with van der Waals surface area (Å²) in [6.07, 6.45) is 2.98. The Kier molecular flexibility index (Phi) is 12.4. The number of ether oxygens (including phenoxy) is 3. The van der Waals surface area contributed by atoms with Gasteiger partial charge in [-0.15, -0.1) is 17.9 Å². The number of carbonyl (C=O) groups is 3. The Morgan fingerprint density at radius 3 is 2.62 bits per heavy atom. The second-order valence-corrected chi connectivity index (χ2v) is 20.5. The zero-order valence-corrected chi connectivity index (χ0v) is 37.0. The van der Waals surface area contributed by atoms with E-state index in [4.69, 9.17) is 35.8 Å². The number of carbonyl (C=O) groups excluding carboxylic acids is 3. The van der Waals surface area contributed by atoms with Crippen LogP contribution in [0.4, 0.5) is 0 Å². The number of benzene rings is 1. The van der Waals surface area contributed by atoms with E-state index in [9.17, 15) is 22.8 Å². The van der Waals surface area contributed by atoms with E-state index in [1.807, 2.05) is 37.4 Å². The van der Waals surface area contributed by atoms with Crippen molar-refractivity contribution in [2.45, 2.75) is 102 Å². The second-order valence-electron chi connectivity index (χ2n) is 17.3. The Morgan fingerprint density at radius 1 is 1.18 bits per heavy atom. The quantitative estimate of drug-likeness (QED) is 0.167. The van der Waals surface area contributed by atoms with Gasteiger partial charge in [-0.2, -0.15) is 0 Å². The standard InChI is InChI=1S/C43H55ClN6O8S2/c1-6-25(5)38-41(52)50-31(33(51)21-43(20-26(43)7-2)42(53)48-60(54,55)27-8-9-27)19-36(32(50)22-45-38)58-35-18-29(40-47-30(23-59-40)24(3)4)46-39-28(35)10-11-34(37(39)44)57-17-14-49-12-15-56-16-13-49/h7,10-11,18,23-27,31-32,36,38,45H,2,6,8-9,12-17,19-22H2,1,3-5H3,(H,48,53)/t25-,26-,31+,32-,36-,38-,43-/m1/s1. The lowest BCUT2D eigenvalue weighted by Gasteiger charge is -2.41. The molecule has 2 amide bonds. The number of pyridine rings is 1. The van der Waals surface area contributed by atoms with Gasteiger partial charge in [0.2, 0.25) is 21.8 Å². The highest BCUT2D eigenvalue weighted by molar-refractivity contribution is 7.90. The van der Waals surface area contributed by atoms with Gasteiger partial charge < -0.3 is 24.4 Å². The van der Waals surface area contributed by atoms with Crippen LogP contribution >= 0.6 is 22.9 Å².